The molecule has 0 radical (unpaired) electrons. The number of pyridine rings is 1. The third-order valence-electron chi connectivity index (χ3n) is 7.51. The molecular weight excluding hydrogens is 500 g/mol. The lowest BCUT2D eigenvalue weighted by Crippen LogP contribution is -2.18. The first-order valence-corrected chi connectivity index (χ1v) is 14.0. The first-order chi connectivity index (χ1) is 20.1. The number of allylic oxidation sites excluding steroid dienone is 4. The highest BCUT2D eigenvalue weighted by Crippen LogP contribution is 2.32. The summed E-state index contributed by atoms with van der Waals surface area (Å²) in [5.41, 5.74) is 9.74. The van der Waals surface area contributed by atoms with Gasteiger partial charge in [0.15, 0.2) is 0 Å². The van der Waals surface area contributed by atoms with Crippen molar-refractivity contribution in [1.82, 2.24) is 19.4 Å². The van der Waals surface area contributed by atoms with Gasteiger partial charge in [-0.2, -0.15) is 0 Å². The maximum absolute atomic E-state index is 4.89. The van der Waals surface area contributed by atoms with E-state index in [1.165, 1.54) is 32.8 Å². The summed E-state index contributed by atoms with van der Waals surface area (Å²) in [6, 6.07) is 30.1. The molecule has 0 atom stereocenters. The van der Waals surface area contributed by atoms with Gasteiger partial charge in [-0.25, -0.2) is 0 Å². The van der Waals surface area contributed by atoms with Crippen LogP contribution in [-0.4, -0.2) is 20.7 Å². The Morgan fingerprint density at radius 2 is 1.63 bits per heavy atom. The van der Waals surface area contributed by atoms with Gasteiger partial charge in [0.2, 0.25) is 0 Å². The Morgan fingerprint density at radius 1 is 0.854 bits per heavy atom. The Bertz CT molecular complexity index is 1980. The van der Waals surface area contributed by atoms with Gasteiger partial charge in [-0.3, -0.25) is 4.98 Å². The van der Waals surface area contributed by atoms with Crippen LogP contribution in [0.3, 0.4) is 0 Å². The van der Waals surface area contributed by atoms with Gasteiger partial charge in [-0.05, 0) is 69.3 Å². The Hall–Kier alpha value is -5.09. The van der Waals surface area contributed by atoms with Gasteiger partial charge in [-0.15, -0.1) is 0 Å². The molecule has 0 unspecified atom stereocenters. The van der Waals surface area contributed by atoms with Crippen LogP contribution < -0.4 is 5.32 Å². The molecule has 0 amide bonds. The molecule has 0 spiro atoms. The number of hydrogen-bond acceptors (Lipinski definition) is 2. The molecule has 6 rings (SSSR count). The zero-order valence-electron chi connectivity index (χ0n) is 23.8. The Balaban J connectivity index is 1.27. The third-order valence-corrected chi connectivity index (χ3v) is 7.51. The van der Waals surface area contributed by atoms with Crippen molar-refractivity contribution < 1.29 is 0 Å². The van der Waals surface area contributed by atoms with Gasteiger partial charge in [-0.1, -0.05) is 78.9 Å². The summed E-state index contributed by atoms with van der Waals surface area (Å²) in [6.45, 7) is 11.2. The van der Waals surface area contributed by atoms with Crippen molar-refractivity contribution in [3.8, 4) is 5.69 Å². The van der Waals surface area contributed by atoms with Gasteiger partial charge in [0, 0.05) is 27.5 Å². The minimum atomic E-state index is 0.582. The molecule has 0 bridgehead atoms. The van der Waals surface area contributed by atoms with Crippen LogP contribution in [0.25, 0.3) is 55.9 Å². The van der Waals surface area contributed by atoms with E-state index in [9.17, 15) is 0 Å². The Labute approximate surface area is 241 Å². The fourth-order valence-corrected chi connectivity index (χ4v) is 5.58. The van der Waals surface area contributed by atoms with Crippen molar-refractivity contribution in [3.63, 3.8) is 0 Å². The van der Waals surface area contributed by atoms with E-state index in [1.807, 2.05) is 32.2 Å². The Kier molecular flexibility index (Phi) is 7.13. The van der Waals surface area contributed by atoms with Crippen LogP contribution in [0.1, 0.15) is 30.8 Å². The monoisotopic (exact) mass is 534 g/mol. The number of hydrogen-bond donors (Lipinski definition) is 1. The van der Waals surface area contributed by atoms with Crippen molar-refractivity contribution in [1.29, 1.82) is 0 Å². The second kappa shape index (κ2) is 11.2. The molecule has 4 heteroatoms. The maximum Gasteiger partial charge on any atom is 0.0859 e. The van der Waals surface area contributed by atoms with Crippen molar-refractivity contribution in [2.45, 2.75) is 20.8 Å². The van der Waals surface area contributed by atoms with Gasteiger partial charge in [0.25, 0.3) is 0 Å². The molecule has 202 valence electrons. The molecule has 3 heterocycles. The van der Waals surface area contributed by atoms with Crippen LogP contribution in [0.4, 0.5) is 0 Å². The summed E-state index contributed by atoms with van der Waals surface area (Å²) < 4.78 is 4.52. The Morgan fingerprint density at radius 3 is 2.41 bits per heavy atom. The lowest BCUT2D eigenvalue weighted by atomic mass is 10.1. The highest BCUT2D eigenvalue weighted by Gasteiger charge is 2.14. The number of benzene rings is 3. The van der Waals surface area contributed by atoms with E-state index in [2.05, 4.69) is 131 Å². The zero-order chi connectivity index (χ0) is 28.3. The predicted octanol–water partition coefficient (Wildman–Crippen LogP) is 9.15. The minimum Gasteiger partial charge on any atom is -0.378 e. The van der Waals surface area contributed by atoms with Gasteiger partial charge >= 0.3 is 0 Å². The maximum atomic E-state index is 4.89. The molecule has 0 saturated heterocycles. The van der Waals surface area contributed by atoms with E-state index < -0.39 is 0 Å². The normalized spacial score (nSPS) is 12.4. The van der Waals surface area contributed by atoms with Crippen molar-refractivity contribution in [2.24, 2.45) is 0 Å². The SMILES string of the molecule is C=C(CN/C(=C\C)c1ccc(-n2c3ccccc3c3cc(C)ccc32)cn1)n1c(/C=C\C=C/C)cc2ccccc21. The van der Waals surface area contributed by atoms with Crippen LogP contribution in [0, 0.1) is 6.92 Å². The largest absolute Gasteiger partial charge is 0.378 e. The summed E-state index contributed by atoms with van der Waals surface area (Å²) in [5, 5.41) is 7.29. The molecule has 0 aliphatic heterocycles. The van der Waals surface area contributed by atoms with E-state index in [-0.39, 0.29) is 0 Å². The van der Waals surface area contributed by atoms with Crippen LogP contribution in [0.2, 0.25) is 0 Å². The second-order valence-electron chi connectivity index (χ2n) is 10.2. The average Bonchev–Trinajstić information content (AvgIpc) is 3.53. The number of aromatic nitrogens is 3. The summed E-state index contributed by atoms with van der Waals surface area (Å²) >= 11 is 0. The third kappa shape index (κ3) is 4.89. The van der Waals surface area contributed by atoms with Crippen molar-refractivity contribution in [2.75, 3.05) is 6.54 Å². The average molecular weight is 535 g/mol. The van der Waals surface area contributed by atoms with Crippen LogP contribution >= 0.6 is 0 Å². The van der Waals surface area contributed by atoms with Crippen LogP contribution in [0.5, 0.6) is 0 Å². The quantitative estimate of drug-likeness (QED) is 0.198. The van der Waals surface area contributed by atoms with Crippen LogP contribution in [-0.2, 0) is 0 Å². The molecule has 1 N–H and O–H groups in total. The smallest absolute Gasteiger partial charge is 0.0859 e. The first kappa shape index (κ1) is 26.1. The molecule has 0 fully saturated rings. The molecule has 6 aromatic rings. The summed E-state index contributed by atoms with van der Waals surface area (Å²) in [4.78, 5) is 4.89. The number of nitrogens with zero attached hydrogens (tertiary/aromatic N) is 3. The predicted molar refractivity (Wildman–Crippen MR) is 176 cm³/mol. The lowest BCUT2D eigenvalue weighted by molar-refractivity contribution is 0.946. The van der Waals surface area contributed by atoms with Crippen molar-refractivity contribution >= 4 is 50.2 Å². The molecule has 4 nitrogen and oxygen atoms in total. The summed E-state index contributed by atoms with van der Waals surface area (Å²) in [7, 11) is 0. The molecule has 0 aliphatic carbocycles. The minimum absolute atomic E-state index is 0.582. The lowest BCUT2D eigenvalue weighted by Gasteiger charge is -2.16. The molecule has 41 heavy (non-hydrogen) atoms. The standard InChI is InChI=1S/C37H34N4/c1-5-7-8-14-29-23-28-13-9-11-16-35(28)40(29)27(4)24-38-33(6-2)34-20-19-30(25-39-34)41-36-17-12-10-15-31(36)32-22-26(3)18-21-37(32)41/h5-23,25,38H,4,24H2,1-3H3/b7-5-,14-8-,33-6-. The van der Waals surface area contributed by atoms with Crippen LogP contribution in [0.15, 0.2) is 122 Å². The topological polar surface area (TPSA) is 34.8 Å². The second-order valence-corrected chi connectivity index (χ2v) is 10.2. The number of aryl methyl sites for hydroxylation is 1. The molecule has 0 saturated carbocycles. The molecule has 0 aliphatic rings. The zero-order valence-corrected chi connectivity index (χ0v) is 23.8. The van der Waals surface area contributed by atoms with E-state index in [0.29, 0.717) is 6.54 Å². The highest BCUT2D eigenvalue weighted by atomic mass is 15.0. The summed E-state index contributed by atoms with van der Waals surface area (Å²) in [5.74, 6) is 0. The number of rotatable bonds is 8. The first-order valence-electron chi connectivity index (χ1n) is 14.0. The van der Waals surface area contributed by atoms with E-state index in [0.717, 1.165) is 34.0 Å². The highest BCUT2D eigenvalue weighted by molar-refractivity contribution is 6.09. The van der Waals surface area contributed by atoms with Gasteiger partial charge in [0.1, 0.15) is 0 Å². The molecule has 3 aromatic carbocycles. The van der Waals surface area contributed by atoms with E-state index >= 15 is 0 Å². The fraction of sp³-hybridized carbons (Fsp3) is 0.108. The van der Waals surface area contributed by atoms with E-state index in [1.54, 1.807) is 0 Å². The van der Waals surface area contributed by atoms with E-state index in [4.69, 9.17) is 4.98 Å². The molecular formula is C37H34N4. The van der Waals surface area contributed by atoms with Gasteiger partial charge in [0.05, 0.1) is 46.4 Å². The number of nitrogens with one attached hydrogen (secondary N) is 1. The van der Waals surface area contributed by atoms with Crippen molar-refractivity contribution in [3.05, 3.63) is 139 Å². The van der Waals surface area contributed by atoms with Gasteiger partial charge < -0.3 is 14.5 Å². The number of fused-ring (bicyclic) bond motifs is 4. The fourth-order valence-electron chi connectivity index (χ4n) is 5.58. The number of para-hydroxylation sites is 2. The summed E-state index contributed by atoms with van der Waals surface area (Å²) in [6.07, 6.45) is 12.3. The molecule has 3 aromatic heterocycles.